The van der Waals surface area contributed by atoms with E-state index in [1.165, 1.54) is 11.1 Å². The van der Waals surface area contributed by atoms with E-state index in [-0.39, 0.29) is 23.8 Å². The number of nitrogens with one attached hydrogen (secondary N) is 2. The fourth-order valence-corrected chi connectivity index (χ4v) is 5.16. The van der Waals surface area contributed by atoms with Gasteiger partial charge in [-0.2, -0.15) is 0 Å². The van der Waals surface area contributed by atoms with E-state index in [9.17, 15) is 13.2 Å². The maximum Gasteiger partial charge on any atom is 0.263 e. The molecule has 7 heteroatoms. The maximum atomic E-state index is 12.2. The van der Waals surface area contributed by atoms with E-state index >= 15 is 0 Å². The summed E-state index contributed by atoms with van der Waals surface area (Å²) in [4.78, 5) is 16.8. The van der Waals surface area contributed by atoms with Gasteiger partial charge in [0, 0.05) is 24.4 Å². The van der Waals surface area contributed by atoms with Crippen molar-refractivity contribution in [2.75, 3.05) is 13.1 Å². The Labute approximate surface area is 165 Å². The highest BCUT2D eigenvalue weighted by molar-refractivity contribution is 7.90. The molecule has 28 heavy (non-hydrogen) atoms. The summed E-state index contributed by atoms with van der Waals surface area (Å²) >= 11 is 0. The smallest absolute Gasteiger partial charge is 0.263 e. The lowest BCUT2D eigenvalue weighted by Gasteiger charge is -2.25. The van der Waals surface area contributed by atoms with Crippen LogP contribution in [0.15, 0.2) is 58.4 Å². The molecule has 2 aliphatic rings. The Hall–Kier alpha value is -2.67. The van der Waals surface area contributed by atoms with Gasteiger partial charge >= 0.3 is 0 Å². The molecule has 0 bridgehead atoms. The maximum absolute atomic E-state index is 12.2. The van der Waals surface area contributed by atoms with E-state index in [0.717, 1.165) is 19.3 Å². The first-order chi connectivity index (χ1) is 13.5. The van der Waals surface area contributed by atoms with Crippen LogP contribution in [0.3, 0.4) is 0 Å². The lowest BCUT2D eigenvalue weighted by molar-refractivity contribution is -0.120. The Morgan fingerprint density at radius 1 is 1.14 bits per heavy atom. The third-order valence-corrected chi connectivity index (χ3v) is 6.71. The van der Waals surface area contributed by atoms with Crippen LogP contribution in [-0.2, 0) is 21.2 Å². The Balaban J connectivity index is 1.32. The lowest BCUT2D eigenvalue weighted by Crippen LogP contribution is -2.30. The average Bonchev–Trinajstić information content (AvgIpc) is 2.97. The van der Waals surface area contributed by atoms with Gasteiger partial charge < -0.3 is 5.32 Å². The van der Waals surface area contributed by atoms with Crippen molar-refractivity contribution >= 4 is 21.8 Å². The van der Waals surface area contributed by atoms with Crippen LogP contribution in [0.5, 0.6) is 0 Å². The van der Waals surface area contributed by atoms with Gasteiger partial charge in [0.05, 0.1) is 11.4 Å². The fourth-order valence-electron chi connectivity index (χ4n) is 3.91. The molecule has 6 nitrogen and oxygen atoms in total. The van der Waals surface area contributed by atoms with Crippen molar-refractivity contribution in [1.82, 2.24) is 10.0 Å². The highest BCUT2D eigenvalue weighted by Crippen LogP contribution is 2.30. The van der Waals surface area contributed by atoms with Crippen LogP contribution in [0.25, 0.3) is 0 Å². The zero-order chi connectivity index (χ0) is 19.6. The number of amides is 1. The normalized spacial score (nSPS) is 20.9. The molecule has 4 rings (SSSR count). The molecule has 0 spiro atoms. The number of amidine groups is 1. The molecule has 0 aromatic heterocycles. The molecule has 2 N–H and O–H groups in total. The molecule has 2 aromatic rings. The monoisotopic (exact) mass is 397 g/mol. The molecular weight excluding hydrogens is 374 g/mol. The molecule has 1 atom stereocenters. The van der Waals surface area contributed by atoms with Gasteiger partial charge in [0.2, 0.25) is 5.91 Å². The summed E-state index contributed by atoms with van der Waals surface area (Å²) in [5, 5.41) is 3.01. The van der Waals surface area contributed by atoms with Crippen LogP contribution < -0.4 is 10.0 Å². The number of aliphatic imine (C=N–C) groups is 1. The second-order valence-electron chi connectivity index (χ2n) is 7.17. The van der Waals surface area contributed by atoms with Crippen molar-refractivity contribution in [3.8, 4) is 0 Å². The number of rotatable bonds is 5. The van der Waals surface area contributed by atoms with Crippen LogP contribution in [-0.4, -0.2) is 33.3 Å². The number of hydrogen-bond donors (Lipinski definition) is 2. The van der Waals surface area contributed by atoms with Crippen molar-refractivity contribution in [2.45, 2.75) is 36.5 Å². The van der Waals surface area contributed by atoms with Gasteiger partial charge in [0.1, 0.15) is 5.84 Å². The van der Waals surface area contributed by atoms with Gasteiger partial charge in [-0.1, -0.05) is 36.4 Å². The zero-order valence-electron chi connectivity index (χ0n) is 15.5. The molecule has 1 aliphatic heterocycles. The molecule has 1 amide bonds. The number of aryl methyl sites for hydroxylation is 1. The Kier molecular flexibility index (Phi) is 5.17. The van der Waals surface area contributed by atoms with Crippen LogP contribution in [0.2, 0.25) is 0 Å². The second-order valence-corrected chi connectivity index (χ2v) is 8.82. The molecule has 1 unspecified atom stereocenters. The minimum atomic E-state index is -3.54. The van der Waals surface area contributed by atoms with E-state index in [0.29, 0.717) is 23.9 Å². The predicted molar refractivity (Wildman–Crippen MR) is 108 cm³/mol. The van der Waals surface area contributed by atoms with Gasteiger partial charge in [0.15, 0.2) is 0 Å². The van der Waals surface area contributed by atoms with Gasteiger partial charge in [-0.25, -0.2) is 8.42 Å². The molecule has 0 saturated heterocycles. The van der Waals surface area contributed by atoms with Crippen molar-refractivity contribution < 1.29 is 13.2 Å². The summed E-state index contributed by atoms with van der Waals surface area (Å²) in [5.74, 6) is 0.597. The van der Waals surface area contributed by atoms with E-state index in [1.807, 2.05) is 0 Å². The largest absolute Gasteiger partial charge is 0.355 e. The third kappa shape index (κ3) is 3.80. The molecule has 1 heterocycles. The number of nitrogens with zero attached hydrogens (tertiary/aromatic N) is 1. The highest BCUT2D eigenvalue weighted by atomic mass is 32.2. The number of sulfonamides is 1. The number of carbonyl (C=O) groups excluding carboxylic acids is 1. The number of fused-ring (bicyclic) bond motifs is 2. The SMILES string of the molecule is O=C(CCN=C1NS(=O)(=O)c2ccccc21)NCC1CCCc2ccccc21. The second kappa shape index (κ2) is 7.75. The van der Waals surface area contributed by atoms with Crippen molar-refractivity contribution in [2.24, 2.45) is 4.99 Å². The standard InChI is InChI=1S/C21H23N3O3S/c25-20(23-14-16-8-5-7-15-6-1-2-9-17(15)16)12-13-22-21-18-10-3-4-11-19(18)28(26,27)24-21/h1-4,6,9-11,16H,5,7-8,12-14H2,(H,22,24)(H,23,25). The van der Waals surface area contributed by atoms with Crippen LogP contribution in [0, 0.1) is 0 Å². The van der Waals surface area contributed by atoms with Gasteiger partial charge in [-0.3, -0.25) is 14.5 Å². The molecule has 146 valence electrons. The molecule has 0 fully saturated rings. The van der Waals surface area contributed by atoms with Gasteiger partial charge in [0.25, 0.3) is 10.0 Å². The van der Waals surface area contributed by atoms with E-state index in [1.54, 1.807) is 24.3 Å². The van der Waals surface area contributed by atoms with Crippen LogP contribution in [0.4, 0.5) is 0 Å². The summed E-state index contributed by atoms with van der Waals surface area (Å²) < 4.78 is 26.6. The minimum absolute atomic E-state index is 0.0680. The first-order valence-electron chi connectivity index (χ1n) is 9.56. The van der Waals surface area contributed by atoms with Crippen molar-refractivity contribution in [1.29, 1.82) is 0 Å². The zero-order valence-corrected chi connectivity index (χ0v) is 16.3. The van der Waals surface area contributed by atoms with Crippen LogP contribution >= 0.6 is 0 Å². The Morgan fingerprint density at radius 2 is 1.93 bits per heavy atom. The van der Waals surface area contributed by atoms with E-state index in [2.05, 4.69) is 39.3 Å². The first-order valence-corrected chi connectivity index (χ1v) is 11.0. The summed E-state index contributed by atoms with van der Waals surface area (Å²) in [6.07, 6.45) is 3.56. The quantitative estimate of drug-likeness (QED) is 0.812. The van der Waals surface area contributed by atoms with Crippen molar-refractivity contribution in [3.63, 3.8) is 0 Å². The van der Waals surface area contributed by atoms with Gasteiger partial charge in [-0.15, -0.1) is 0 Å². The highest BCUT2D eigenvalue weighted by Gasteiger charge is 2.30. The average molecular weight is 398 g/mol. The van der Waals surface area contributed by atoms with E-state index in [4.69, 9.17) is 0 Å². The molecule has 1 aliphatic carbocycles. The van der Waals surface area contributed by atoms with Crippen molar-refractivity contribution in [3.05, 3.63) is 65.2 Å². The fraction of sp³-hybridized carbons (Fsp3) is 0.333. The molecule has 0 radical (unpaired) electrons. The van der Waals surface area contributed by atoms with E-state index < -0.39 is 10.0 Å². The Morgan fingerprint density at radius 3 is 2.82 bits per heavy atom. The summed E-state index contributed by atoms with van der Waals surface area (Å²) in [6.45, 7) is 0.862. The molecular formula is C21H23N3O3S. The first kappa shape index (κ1) is 18.7. The molecule has 0 saturated carbocycles. The summed E-state index contributed by atoms with van der Waals surface area (Å²) in [5.41, 5.74) is 3.28. The van der Waals surface area contributed by atoms with Crippen LogP contribution in [0.1, 0.15) is 41.9 Å². The predicted octanol–water partition coefficient (Wildman–Crippen LogP) is 2.35. The topological polar surface area (TPSA) is 87.6 Å². The minimum Gasteiger partial charge on any atom is -0.355 e. The van der Waals surface area contributed by atoms with Gasteiger partial charge in [-0.05, 0) is 42.5 Å². The Bertz CT molecular complexity index is 1030. The number of benzene rings is 2. The summed E-state index contributed by atoms with van der Waals surface area (Å²) in [6, 6.07) is 15.1. The number of hydrogen-bond acceptors (Lipinski definition) is 4. The lowest BCUT2D eigenvalue weighted by atomic mass is 9.83. The summed E-state index contributed by atoms with van der Waals surface area (Å²) in [7, 11) is -3.54. The molecule has 2 aromatic carbocycles. The third-order valence-electron chi connectivity index (χ3n) is 5.31. The number of carbonyl (C=O) groups is 1.